The van der Waals surface area contributed by atoms with Crippen molar-refractivity contribution in [3.63, 3.8) is 0 Å². The lowest BCUT2D eigenvalue weighted by atomic mass is 9.83. The van der Waals surface area contributed by atoms with Crippen LogP contribution in [-0.4, -0.2) is 6.61 Å². The molecule has 1 aliphatic rings. The number of fused-ring (bicyclic) bond motifs is 1. The van der Waals surface area contributed by atoms with E-state index in [0.717, 1.165) is 23.3 Å². The lowest BCUT2D eigenvalue weighted by Gasteiger charge is -2.32. The Bertz CT molecular complexity index is 648. The van der Waals surface area contributed by atoms with Gasteiger partial charge in [0.25, 0.3) is 0 Å². The fourth-order valence-corrected chi connectivity index (χ4v) is 3.17. The highest BCUT2D eigenvalue weighted by Gasteiger charge is 2.29. The third-order valence-electron chi connectivity index (χ3n) is 3.89. The first-order chi connectivity index (χ1) is 10.2. The molecular weight excluding hydrogens is 307 g/mol. The Balaban J connectivity index is 1.99. The van der Waals surface area contributed by atoms with Gasteiger partial charge in [0.1, 0.15) is 5.75 Å². The van der Waals surface area contributed by atoms with E-state index in [1.54, 1.807) is 6.07 Å². The number of rotatable bonds is 3. The van der Waals surface area contributed by atoms with Crippen LogP contribution in [0.1, 0.15) is 29.5 Å². The molecule has 0 saturated heterocycles. The van der Waals surface area contributed by atoms with Gasteiger partial charge in [0.15, 0.2) is 0 Å². The van der Waals surface area contributed by atoms with E-state index in [-0.39, 0.29) is 12.0 Å². The third kappa shape index (κ3) is 2.87. The first kappa shape index (κ1) is 14.7. The molecule has 110 valence electrons. The molecule has 2 aromatic rings. The minimum absolute atomic E-state index is 0.0372. The van der Waals surface area contributed by atoms with Gasteiger partial charge in [-0.25, -0.2) is 0 Å². The molecular formula is C16H16Cl2N2O. The first-order valence-corrected chi connectivity index (χ1v) is 7.59. The van der Waals surface area contributed by atoms with Crippen molar-refractivity contribution in [1.82, 2.24) is 5.43 Å². The molecule has 0 amide bonds. The van der Waals surface area contributed by atoms with Gasteiger partial charge in [0.05, 0.1) is 22.7 Å². The molecule has 3 rings (SSSR count). The average Bonchev–Trinajstić information content (AvgIpc) is 2.52. The lowest BCUT2D eigenvalue weighted by Crippen LogP contribution is -2.34. The third-order valence-corrected chi connectivity index (χ3v) is 4.63. The molecule has 0 bridgehead atoms. The SMILES string of the molecule is NNC(c1ccc(Cl)c(Cl)c1)C1CCOc2ccccc21. The number of hydrogen-bond donors (Lipinski definition) is 2. The highest BCUT2D eigenvalue weighted by atomic mass is 35.5. The molecule has 0 fully saturated rings. The van der Waals surface area contributed by atoms with E-state index in [1.807, 2.05) is 30.3 Å². The number of hydrazine groups is 1. The molecule has 0 spiro atoms. The van der Waals surface area contributed by atoms with Crippen molar-refractivity contribution >= 4 is 23.2 Å². The molecule has 2 unspecified atom stereocenters. The molecule has 21 heavy (non-hydrogen) atoms. The van der Waals surface area contributed by atoms with Crippen LogP contribution in [0.2, 0.25) is 10.0 Å². The molecule has 0 aromatic heterocycles. The average molecular weight is 323 g/mol. The fourth-order valence-electron chi connectivity index (χ4n) is 2.87. The second kappa shape index (κ2) is 6.24. The van der Waals surface area contributed by atoms with Crippen LogP contribution in [0.25, 0.3) is 0 Å². The van der Waals surface area contributed by atoms with Crippen molar-refractivity contribution in [2.45, 2.75) is 18.4 Å². The minimum atomic E-state index is -0.0372. The molecule has 0 saturated carbocycles. The quantitative estimate of drug-likeness (QED) is 0.661. The van der Waals surface area contributed by atoms with Crippen LogP contribution in [0.4, 0.5) is 0 Å². The summed E-state index contributed by atoms with van der Waals surface area (Å²) in [6, 6.07) is 13.7. The summed E-state index contributed by atoms with van der Waals surface area (Å²) in [6.45, 7) is 0.682. The number of benzene rings is 2. The van der Waals surface area contributed by atoms with E-state index in [4.69, 9.17) is 33.8 Å². The van der Waals surface area contributed by atoms with Crippen molar-refractivity contribution in [3.05, 3.63) is 63.6 Å². The van der Waals surface area contributed by atoms with Crippen LogP contribution < -0.4 is 16.0 Å². The molecule has 3 nitrogen and oxygen atoms in total. The summed E-state index contributed by atoms with van der Waals surface area (Å²) in [6.07, 6.45) is 0.895. The summed E-state index contributed by atoms with van der Waals surface area (Å²) in [7, 11) is 0. The summed E-state index contributed by atoms with van der Waals surface area (Å²) in [4.78, 5) is 0. The molecule has 5 heteroatoms. The van der Waals surface area contributed by atoms with Crippen LogP contribution in [0.5, 0.6) is 5.75 Å². The normalized spacial score (nSPS) is 18.7. The van der Waals surface area contributed by atoms with Crippen molar-refractivity contribution in [1.29, 1.82) is 0 Å². The summed E-state index contributed by atoms with van der Waals surface area (Å²) >= 11 is 12.1. The molecule has 1 aliphatic heterocycles. The van der Waals surface area contributed by atoms with Gasteiger partial charge in [-0.1, -0.05) is 47.5 Å². The van der Waals surface area contributed by atoms with Gasteiger partial charge in [-0.15, -0.1) is 0 Å². The highest BCUT2D eigenvalue weighted by Crippen LogP contribution is 2.41. The summed E-state index contributed by atoms with van der Waals surface area (Å²) in [5, 5.41) is 1.08. The van der Waals surface area contributed by atoms with Gasteiger partial charge in [-0.3, -0.25) is 11.3 Å². The van der Waals surface area contributed by atoms with Crippen molar-refractivity contribution in [2.24, 2.45) is 5.84 Å². The van der Waals surface area contributed by atoms with Crippen LogP contribution in [0.3, 0.4) is 0 Å². The number of nitrogens with two attached hydrogens (primary N) is 1. The van der Waals surface area contributed by atoms with E-state index in [0.29, 0.717) is 16.7 Å². The van der Waals surface area contributed by atoms with Gasteiger partial charge in [-0.05, 0) is 35.7 Å². The maximum Gasteiger partial charge on any atom is 0.122 e. The topological polar surface area (TPSA) is 47.3 Å². The Morgan fingerprint density at radius 3 is 2.71 bits per heavy atom. The molecule has 2 aromatic carbocycles. The molecule has 2 atom stereocenters. The van der Waals surface area contributed by atoms with Crippen molar-refractivity contribution in [3.8, 4) is 5.75 Å². The predicted molar refractivity (Wildman–Crippen MR) is 85.8 cm³/mol. The van der Waals surface area contributed by atoms with Gasteiger partial charge in [0.2, 0.25) is 0 Å². The first-order valence-electron chi connectivity index (χ1n) is 6.83. The summed E-state index contributed by atoms with van der Waals surface area (Å²) in [5.41, 5.74) is 5.10. The number of halogens is 2. The van der Waals surface area contributed by atoms with E-state index >= 15 is 0 Å². The second-order valence-corrected chi connectivity index (χ2v) is 5.91. The summed E-state index contributed by atoms with van der Waals surface area (Å²) in [5.74, 6) is 6.97. The molecule has 1 heterocycles. The zero-order valence-electron chi connectivity index (χ0n) is 11.4. The van der Waals surface area contributed by atoms with Crippen LogP contribution in [-0.2, 0) is 0 Å². The Morgan fingerprint density at radius 1 is 1.14 bits per heavy atom. The molecule has 0 radical (unpaired) electrons. The van der Waals surface area contributed by atoms with Gasteiger partial charge >= 0.3 is 0 Å². The minimum Gasteiger partial charge on any atom is -0.493 e. The van der Waals surface area contributed by atoms with Crippen LogP contribution in [0.15, 0.2) is 42.5 Å². The Labute approximate surface area is 134 Å². The smallest absolute Gasteiger partial charge is 0.122 e. The van der Waals surface area contributed by atoms with Gasteiger partial charge in [-0.2, -0.15) is 0 Å². The number of ether oxygens (including phenoxy) is 1. The Hall–Kier alpha value is -1.26. The Kier molecular flexibility index (Phi) is 4.36. The zero-order chi connectivity index (χ0) is 14.8. The molecule has 0 aliphatic carbocycles. The molecule has 3 N–H and O–H groups in total. The monoisotopic (exact) mass is 322 g/mol. The van der Waals surface area contributed by atoms with E-state index < -0.39 is 0 Å². The van der Waals surface area contributed by atoms with E-state index in [9.17, 15) is 0 Å². The fraction of sp³-hybridized carbons (Fsp3) is 0.250. The van der Waals surface area contributed by atoms with Crippen LogP contribution in [0, 0.1) is 0 Å². The van der Waals surface area contributed by atoms with Crippen molar-refractivity contribution < 1.29 is 4.74 Å². The van der Waals surface area contributed by atoms with E-state index in [1.165, 1.54) is 0 Å². The largest absolute Gasteiger partial charge is 0.493 e. The number of hydrogen-bond acceptors (Lipinski definition) is 3. The van der Waals surface area contributed by atoms with Gasteiger partial charge < -0.3 is 4.74 Å². The zero-order valence-corrected chi connectivity index (χ0v) is 12.9. The van der Waals surface area contributed by atoms with E-state index in [2.05, 4.69) is 11.5 Å². The summed E-state index contributed by atoms with van der Waals surface area (Å²) < 4.78 is 5.71. The standard InChI is InChI=1S/C16H16Cl2N2O/c17-13-6-5-10(9-14(13)18)16(20-19)12-7-8-21-15-4-2-1-3-11(12)15/h1-6,9,12,16,20H,7-8,19H2. The number of nitrogens with one attached hydrogen (secondary N) is 1. The lowest BCUT2D eigenvalue weighted by molar-refractivity contribution is 0.246. The second-order valence-electron chi connectivity index (χ2n) is 5.10. The maximum atomic E-state index is 6.13. The predicted octanol–water partition coefficient (Wildman–Crippen LogP) is 4.06. The van der Waals surface area contributed by atoms with Crippen LogP contribution >= 0.6 is 23.2 Å². The van der Waals surface area contributed by atoms with Crippen molar-refractivity contribution in [2.75, 3.05) is 6.61 Å². The van der Waals surface area contributed by atoms with Gasteiger partial charge in [0, 0.05) is 5.92 Å². The number of para-hydroxylation sites is 1. The maximum absolute atomic E-state index is 6.13. The highest BCUT2D eigenvalue weighted by molar-refractivity contribution is 6.42. The Morgan fingerprint density at radius 2 is 1.95 bits per heavy atom.